The number of halogens is 7. The Bertz CT molecular complexity index is 731. The quantitative estimate of drug-likeness (QED) is 0.519. The molecule has 1 aliphatic heterocycles. The Labute approximate surface area is 152 Å². The van der Waals surface area contributed by atoms with Gasteiger partial charge in [0.1, 0.15) is 12.4 Å². The summed E-state index contributed by atoms with van der Waals surface area (Å²) >= 11 is 1.10. The minimum Gasteiger partial charge on any atom is -0.273 e. The fraction of sp³-hybridized carbons (Fsp3) is 0.429. The lowest BCUT2D eigenvalue weighted by Gasteiger charge is -2.19. The van der Waals surface area contributed by atoms with E-state index in [1.54, 1.807) is 0 Å². The molecule has 0 radical (unpaired) electrons. The fourth-order valence-electron chi connectivity index (χ4n) is 2.00. The first-order valence-corrected chi connectivity index (χ1v) is 8.91. The molecule has 1 aromatic rings. The first-order chi connectivity index (χ1) is 11.9. The van der Waals surface area contributed by atoms with Gasteiger partial charge in [-0.15, -0.1) is 11.8 Å². The summed E-state index contributed by atoms with van der Waals surface area (Å²) in [5.74, 6) is -3.11. The first-order valence-electron chi connectivity index (χ1n) is 6.94. The second kappa shape index (κ2) is 7.67. The molecule has 0 aliphatic carbocycles. The molecule has 1 aromatic carbocycles. The van der Waals surface area contributed by atoms with Gasteiger partial charge in [-0.3, -0.25) is 14.7 Å². The van der Waals surface area contributed by atoms with Crippen LogP contribution in [-0.2, 0) is 4.79 Å². The lowest BCUT2D eigenvalue weighted by atomic mass is 10.2. The van der Waals surface area contributed by atoms with E-state index in [0.717, 1.165) is 12.1 Å². The highest BCUT2D eigenvalue weighted by molar-refractivity contribution is 8.15. The summed E-state index contributed by atoms with van der Waals surface area (Å²) in [4.78, 5) is 16.0. The van der Waals surface area contributed by atoms with Crippen molar-refractivity contribution in [1.82, 2.24) is 0 Å². The number of aliphatic imine (C=N–C) groups is 1. The molecule has 0 N–H and O–H groups in total. The third-order valence-corrected chi connectivity index (χ3v) is 5.22. The van der Waals surface area contributed by atoms with Crippen LogP contribution in [-0.4, -0.2) is 41.5 Å². The summed E-state index contributed by atoms with van der Waals surface area (Å²) in [6.07, 6.45) is -9.06. The number of benzene rings is 1. The lowest BCUT2D eigenvalue weighted by Crippen LogP contribution is -2.31. The van der Waals surface area contributed by atoms with Crippen LogP contribution >= 0.6 is 23.5 Å². The van der Waals surface area contributed by atoms with Gasteiger partial charge < -0.3 is 0 Å². The number of amides is 1. The molecule has 26 heavy (non-hydrogen) atoms. The van der Waals surface area contributed by atoms with Gasteiger partial charge >= 0.3 is 12.4 Å². The average Bonchev–Trinajstić information content (AvgIpc) is 2.84. The molecule has 0 saturated carbocycles. The van der Waals surface area contributed by atoms with Crippen LogP contribution in [0, 0.1) is 12.7 Å². The molecule has 2 rings (SSSR count). The van der Waals surface area contributed by atoms with E-state index in [0.29, 0.717) is 28.4 Å². The highest BCUT2D eigenvalue weighted by Crippen LogP contribution is 2.36. The number of hydrogen-bond donors (Lipinski definition) is 0. The van der Waals surface area contributed by atoms with Crippen molar-refractivity contribution >= 4 is 40.3 Å². The first kappa shape index (κ1) is 20.9. The van der Waals surface area contributed by atoms with Crippen LogP contribution < -0.4 is 4.90 Å². The van der Waals surface area contributed by atoms with Gasteiger partial charge in [0.15, 0.2) is 5.17 Å². The smallest absolute Gasteiger partial charge is 0.273 e. The van der Waals surface area contributed by atoms with Gasteiger partial charge in [0.2, 0.25) is 5.91 Å². The Hall–Kier alpha value is -1.43. The topological polar surface area (TPSA) is 32.7 Å². The molecule has 1 fully saturated rings. The molecular weight excluding hydrogens is 409 g/mol. The number of aryl methyl sites for hydroxylation is 1. The molecule has 0 aromatic heterocycles. The van der Waals surface area contributed by atoms with Crippen LogP contribution in [0.15, 0.2) is 22.0 Å². The number of rotatable bonds is 4. The molecule has 1 aliphatic rings. The second-order valence-corrected chi connectivity index (χ2v) is 7.16. The maximum absolute atomic E-state index is 14.3. The van der Waals surface area contributed by atoms with E-state index < -0.39 is 42.1 Å². The van der Waals surface area contributed by atoms with Crippen LogP contribution in [0.2, 0.25) is 0 Å². The van der Waals surface area contributed by atoms with E-state index in [1.807, 2.05) is 0 Å². The zero-order chi connectivity index (χ0) is 19.7. The normalized spacial score (nSPS) is 17.5. The van der Waals surface area contributed by atoms with Gasteiger partial charge in [-0.2, -0.15) is 26.3 Å². The molecule has 0 atom stereocenters. The zero-order valence-electron chi connectivity index (χ0n) is 13.0. The third-order valence-electron chi connectivity index (χ3n) is 3.04. The predicted molar refractivity (Wildman–Crippen MR) is 86.2 cm³/mol. The second-order valence-electron chi connectivity index (χ2n) is 5.20. The van der Waals surface area contributed by atoms with Crippen molar-refractivity contribution in [3.63, 3.8) is 0 Å². The Kier molecular flexibility index (Phi) is 6.16. The van der Waals surface area contributed by atoms with Gasteiger partial charge in [-0.1, -0.05) is 11.8 Å². The molecule has 3 nitrogen and oxygen atoms in total. The Balaban J connectivity index is 2.37. The van der Waals surface area contributed by atoms with E-state index in [-0.39, 0.29) is 21.4 Å². The van der Waals surface area contributed by atoms with Crippen molar-refractivity contribution in [2.24, 2.45) is 4.99 Å². The van der Waals surface area contributed by atoms with Gasteiger partial charge in [-0.25, -0.2) is 4.39 Å². The standard InChI is InChI=1S/C14H11F7N2OS2/c1-7-2-8(15)9(3-10(7)26-6-14(19,20)21)23-11(24)4-25-12(23)22-5-13(16,17)18/h2-3H,4-6H2,1H3. The van der Waals surface area contributed by atoms with Crippen molar-refractivity contribution in [1.29, 1.82) is 0 Å². The molecule has 1 saturated heterocycles. The van der Waals surface area contributed by atoms with Crippen molar-refractivity contribution in [3.8, 4) is 0 Å². The largest absolute Gasteiger partial charge is 0.408 e. The SMILES string of the molecule is Cc1cc(F)c(N2C(=O)CSC2=NCC(F)(F)F)cc1SCC(F)(F)F. The number of anilines is 1. The number of hydrogen-bond acceptors (Lipinski definition) is 4. The molecule has 0 bridgehead atoms. The van der Waals surface area contributed by atoms with E-state index in [2.05, 4.69) is 4.99 Å². The van der Waals surface area contributed by atoms with Crippen LogP contribution in [0.4, 0.5) is 36.4 Å². The average molecular weight is 420 g/mol. The third kappa shape index (κ3) is 5.53. The van der Waals surface area contributed by atoms with E-state index in [4.69, 9.17) is 0 Å². The van der Waals surface area contributed by atoms with E-state index in [9.17, 15) is 35.5 Å². The Morgan fingerprint density at radius 1 is 1.19 bits per heavy atom. The zero-order valence-corrected chi connectivity index (χ0v) is 14.7. The Morgan fingerprint density at radius 2 is 1.85 bits per heavy atom. The van der Waals surface area contributed by atoms with Crippen molar-refractivity contribution in [3.05, 3.63) is 23.5 Å². The molecular formula is C14H11F7N2OS2. The number of thioether (sulfide) groups is 2. The minimum absolute atomic E-state index is 0.0681. The summed E-state index contributed by atoms with van der Waals surface area (Å²) in [7, 11) is 0. The summed E-state index contributed by atoms with van der Waals surface area (Å²) < 4.78 is 88.5. The molecule has 0 spiro atoms. The van der Waals surface area contributed by atoms with Gasteiger partial charge in [0.05, 0.1) is 17.2 Å². The van der Waals surface area contributed by atoms with Crippen LogP contribution in [0.5, 0.6) is 0 Å². The minimum atomic E-state index is -4.61. The van der Waals surface area contributed by atoms with Gasteiger partial charge in [-0.05, 0) is 24.6 Å². The number of amidine groups is 1. The summed E-state index contributed by atoms with van der Waals surface area (Å²) in [6.45, 7) is -0.160. The molecule has 1 heterocycles. The number of carbonyl (C=O) groups excluding carboxylic acids is 1. The van der Waals surface area contributed by atoms with Crippen LogP contribution in [0.3, 0.4) is 0 Å². The predicted octanol–water partition coefficient (Wildman–Crippen LogP) is 4.79. The molecule has 1 amide bonds. The van der Waals surface area contributed by atoms with Crippen molar-refractivity contribution in [2.75, 3.05) is 23.0 Å². The van der Waals surface area contributed by atoms with Gasteiger partial charge in [0.25, 0.3) is 0 Å². The monoisotopic (exact) mass is 420 g/mol. The molecule has 12 heteroatoms. The van der Waals surface area contributed by atoms with E-state index >= 15 is 0 Å². The highest BCUT2D eigenvalue weighted by Gasteiger charge is 2.35. The molecule has 144 valence electrons. The van der Waals surface area contributed by atoms with Gasteiger partial charge in [0, 0.05) is 4.90 Å². The summed E-state index contributed by atoms with van der Waals surface area (Å²) in [5.41, 5.74) is -0.204. The Morgan fingerprint density at radius 3 is 2.42 bits per heavy atom. The van der Waals surface area contributed by atoms with Crippen molar-refractivity contribution in [2.45, 2.75) is 24.2 Å². The van der Waals surface area contributed by atoms with Crippen LogP contribution in [0.1, 0.15) is 5.56 Å². The van der Waals surface area contributed by atoms with Crippen molar-refractivity contribution < 1.29 is 35.5 Å². The molecule has 0 unspecified atom stereocenters. The summed E-state index contributed by atoms with van der Waals surface area (Å²) in [5, 5.41) is -0.346. The van der Waals surface area contributed by atoms with E-state index in [1.165, 1.54) is 6.92 Å². The maximum atomic E-state index is 14.3. The highest BCUT2D eigenvalue weighted by atomic mass is 32.2. The fourth-order valence-corrected chi connectivity index (χ4v) is 3.67. The number of carbonyl (C=O) groups is 1. The lowest BCUT2D eigenvalue weighted by molar-refractivity contribution is -0.118. The summed E-state index contributed by atoms with van der Waals surface area (Å²) in [6, 6.07) is 1.96. The number of alkyl halides is 6. The van der Waals surface area contributed by atoms with Crippen LogP contribution in [0.25, 0.3) is 0 Å². The number of nitrogens with zero attached hydrogens (tertiary/aromatic N) is 2. The maximum Gasteiger partial charge on any atom is 0.408 e.